The third-order valence-electron chi connectivity index (χ3n) is 3.22. The Bertz CT molecular complexity index is 658. The van der Waals surface area contributed by atoms with E-state index in [9.17, 15) is 14.7 Å². The van der Waals surface area contributed by atoms with E-state index >= 15 is 0 Å². The number of aliphatic carboxylic acids is 1. The van der Waals surface area contributed by atoms with Crippen LogP contribution in [0.4, 0.5) is 0 Å². The predicted octanol–water partition coefficient (Wildman–Crippen LogP) is 2.65. The first-order valence-corrected chi connectivity index (χ1v) is 7.93. The molecule has 5 heteroatoms. The molecule has 2 rings (SSSR count). The Morgan fingerprint density at radius 1 is 1.05 bits per heavy atom. The van der Waals surface area contributed by atoms with Crippen molar-refractivity contribution in [3.63, 3.8) is 0 Å². The maximum atomic E-state index is 12.0. The Hall–Kier alpha value is -1.89. The van der Waals surface area contributed by atoms with E-state index in [4.69, 9.17) is 0 Å². The van der Waals surface area contributed by atoms with Crippen molar-refractivity contribution in [2.45, 2.75) is 18.9 Å². The van der Waals surface area contributed by atoms with Gasteiger partial charge in [-0.05, 0) is 39.8 Å². The van der Waals surface area contributed by atoms with Crippen LogP contribution in [0.15, 0.2) is 54.6 Å². The zero-order chi connectivity index (χ0) is 15.9. The van der Waals surface area contributed by atoms with Gasteiger partial charge in [-0.3, -0.25) is 4.79 Å². The molecular formula is C17H16INO3. The summed E-state index contributed by atoms with van der Waals surface area (Å²) in [6.45, 7) is 0. The highest BCUT2D eigenvalue weighted by Crippen LogP contribution is 2.13. The monoisotopic (exact) mass is 409 g/mol. The number of amides is 1. The topological polar surface area (TPSA) is 66.4 Å². The maximum Gasteiger partial charge on any atom is 0.326 e. The third-order valence-corrected chi connectivity index (χ3v) is 4.28. The molecule has 1 atom stereocenters. The van der Waals surface area contributed by atoms with E-state index < -0.39 is 12.0 Å². The van der Waals surface area contributed by atoms with Crippen molar-refractivity contribution >= 4 is 34.5 Å². The number of nitrogens with one attached hydrogen (secondary N) is 1. The van der Waals surface area contributed by atoms with Gasteiger partial charge >= 0.3 is 5.97 Å². The molecule has 0 fully saturated rings. The van der Waals surface area contributed by atoms with Gasteiger partial charge in [-0.2, -0.15) is 0 Å². The van der Waals surface area contributed by atoms with Gasteiger partial charge in [-0.15, -0.1) is 0 Å². The Balaban J connectivity index is 2.01. The van der Waals surface area contributed by atoms with Crippen LogP contribution in [-0.4, -0.2) is 23.0 Å². The van der Waals surface area contributed by atoms with Crippen LogP contribution in [0.1, 0.15) is 11.1 Å². The highest BCUT2D eigenvalue weighted by molar-refractivity contribution is 14.1. The van der Waals surface area contributed by atoms with Gasteiger partial charge in [0.15, 0.2) is 0 Å². The lowest BCUT2D eigenvalue weighted by Crippen LogP contribution is -2.43. The zero-order valence-electron chi connectivity index (χ0n) is 11.8. The van der Waals surface area contributed by atoms with Crippen LogP contribution < -0.4 is 5.32 Å². The molecule has 0 radical (unpaired) electrons. The predicted molar refractivity (Wildman–Crippen MR) is 92.6 cm³/mol. The molecule has 114 valence electrons. The second-order valence-corrected chi connectivity index (χ2v) is 6.08. The molecule has 0 bridgehead atoms. The van der Waals surface area contributed by atoms with Crippen molar-refractivity contribution in [2.75, 3.05) is 0 Å². The van der Waals surface area contributed by atoms with Crippen molar-refractivity contribution in [2.24, 2.45) is 0 Å². The lowest BCUT2D eigenvalue weighted by Gasteiger charge is -2.15. The largest absolute Gasteiger partial charge is 0.480 e. The smallest absolute Gasteiger partial charge is 0.326 e. The van der Waals surface area contributed by atoms with Crippen LogP contribution in [0.5, 0.6) is 0 Å². The quantitative estimate of drug-likeness (QED) is 0.722. The first kappa shape index (κ1) is 16.5. The summed E-state index contributed by atoms with van der Waals surface area (Å²) in [6, 6.07) is 15.9. The summed E-state index contributed by atoms with van der Waals surface area (Å²) in [5, 5.41) is 11.9. The molecule has 0 saturated carbocycles. The molecule has 0 heterocycles. The number of rotatable bonds is 6. The number of carboxylic acid groups (broad SMARTS) is 1. The van der Waals surface area contributed by atoms with Gasteiger partial charge in [0.1, 0.15) is 6.04 Å². The van der Waals surface area contributed by atoms with Crippen molar-refractivity contribution in [1.82, 2.24) is 5.32 Å². The highest BCUT2D eigenvalue weighted by atomic mass is 127. The van der Waals surface area contributed by atoms with Crippen molar-refractivity contribution in [1.29, 1.82) is 0 Å². The highest BCUT2D eigenvalue weighted by Gasteiger charge is 2.21. The fourth-order valence-electron chi connectivity index (χ4n) is 2.11. The Kier molecular flexibility index (Phi) is 5.94. The van der Waals surface area contributed by atoms with Gasteiger partial charge in [0.25, 0.3) is 0 Å². The second kappa shape index (κ2) is 7.93. The van der Waals surface area contributed by atoms with Gasteiger partial charge in [0.2, 0.25) is 5.91 Å². The zero-order valence-corrected chi connectivity index (χ0v) is 14.0. The van der Waals surface area contributed by atoms with E-state index in [1.54, 1.807) is 0 Å². The number of hydrogen-bond acceptors (Lipinski definition) is 2. The lowest BCUT2D eigenvalue weighted by molar-refractivity contribution is -0.141. The maximum absolute atomic E-state index is 12.0. The van der Waals surface area contributed by atoms with Crippen molar-refractivity contribution in [3.8, 4) is 0 Å². The van der Waals surface area contributed by atoms with Gasteiger partial charge in [-0.1, -0.05) is 48.5 Å². The minimum atomic E-state index is -1.03. The summed E-state index contributed by atoms with van der Waals surface area (Å²) in [5.74, 6) is -1.31. The molecule has 1 amide bonds. The van der Waals surface area contributed by atoms with Crippen LogP contribution in [0.2, 0.25) is 0 Å². The SMILES string of the molecule is O=C(Cc1ccccc1)N[C@H](Cc1ccccc1I)C(=O)O. The van der Waals surface area contributed by atoms with Crippen LogP contribution in [0.25, 0.3) is 0 Å². The molecule has 2 N–H and O–H groups in total. The second-order valence-electron chi connectivity index (χ2n) is 4.92. The minimum absolute atomic E-state index is 0.177. The van der Waals surface area contributed by atoms with Gasteiger partial charge in [0, 0.05) is 9.99 Å². The first-order chi connectivity index (χ1) is 10.6. The fourth-order valence-corrected chi connectivity index (χ4v) is 2.72. The number of halogens is 1. The van der Waals surface area contributed by atoms with Gasteiger partial charge < -0.3 is 10.4 Å². The van der Waals surface area contributed by atoms with E-state index in [2.05, 4.69) is 27.9 Å². The molecule has 2 aromatic carbocycles. The molecular weight excluding hydrogens is 393 g/mol. The Morgan fingerprint density at radius 2 is 1.68 bits per heavy atom. The molecule has 0 unspecified atom stereocenters. The number of benzene rings is 2. The molecule has 0 saturated heterocycles. The van der Waals surface area contributed by atoms with Crippen LogP contribution in [-0.2, 0) is 22.4 Å². The van der Waals surface area contributed by atoms with Crippen molar-refractivity contribution in [3.05, 3.63) is 69.3 Å². The Morgan fingerprint density at radius 3 is 2.32 bits per heavy atom. The summed E-state index contributed by atoms with van der Waals surface area (Å²) in [5.41, 5.74) is 1.77. The van der Waals surface area contributed by atoms with Crippen LogP contribution in [0.3, 0.4) is 0 Å². The minimum Gasteiger partial charge on any atom is -0.480 e. The van der Waals surface area contributed by atoms with E-state index in [1.807, 2.05) is 54.6 Å². The number of carboxylic acids is 1. The average Bonchev–Trinajstić information content (AvgIpc) is 2.49. The molecule has 4 nitrogen and oxygen atoms in total. The van der Waals surface area contributed by atoms with Crippen LogP contribution in [0, 0.1) is 3.57 Å². The molecule has 22 heavy (non-hydrogen) atoms. The summed E-state index contributed by atoms with van der Waals surface area (Å²) >= 11 is 2.16. The summed E-state index contributed by atoms with van der Waals surface area (Å²) in [4.78, 5) is 23.4. The summed E-state index contributed by atoms with van der Waals surface area (Å²) in [7, 11) is 0. The van der Waals surface area contributed by atoms with E-state index in [0.717, 1.165) is 14.7 Å². The standard InChI is InChI=1S/C17H16INO3/c18-14-9-5-4-8-13(14)11-15(17(21)22)19-16(20)10-12-6-2-1-3-7-12/h1-9,15H,10-11H2,(H,19,20)(H,21,22)/t15-/m1/s1. The normalized spacial score (nSPS) is 11.7. The fraction of sp³-hybridized carbons (Fsp3) is 0.176. The van der Waals surface area contributed by atoms with E-state index in [1.165, 1.54) is 0 Å². The van der Waals surface area contributed by atoms with Gasteiger partial charge in [0.05, 0.1) is 6.42 Å². The molecule has 0 aliphatic rings. The molecule has 0 spiro atoms. The third kappa shape index (κ3) is 4.84. The summed E-state index contributed by atoms with van der Waals surface area (Å²) in [6.07, 6.45) is 0.450. The van der Waals surface area contributed by atoms with E-state index in [0.29, 0.717) is 0 Å². The number of carbonyl (C=O) groups is 2. The van der Waals surface area contributed by atoms with Gasteiger partial charge in [-0.25, -0.2) is 4.79 Å². The van der Waals surface area contributed by atoms with E-state index in [-0.39, 0.29) is 18.7 Å². The molecule has 2 aromatic rings. The summed E-state index contributed by atoms with van der Waals surface area (Å²) < 4.78 is 0.989. The molecule has 0 aliphatic carbocycles. The van der Waals surface area contributed by atoms with Crippen molar-refractivity contribution < 1.29 is 14.7 Å². The molecule has 0 aliphatic heterocycles. The average molecular weight is 409 g/mol. The lowest BCUT2D eigenvalue weighted by atomic mass is 10.1. The first-order valence-electron chi connectivity index (χ1n) is 6.86. The molecule has 0 aromatic heterocycles. The van der Waals surface area contributed by atoms with Crippen LogP contribution >= 0.6 is 22.6 Å². The Labute approximate surface area is 142 Å². The number of hydrogen-bond donors (Lipinski definition) is 2. The number of carbonyl (C=O) groups excluding carboxylic acids is 1.